The van der Waals surface area contributed by atoms with Crippen molar-refractivity contribution < 1.29 is 9.53 Å². The molecule has 0 amide bonds. The molecule has 0 aliphatic carbocycles. The Labute approximate surface area is 288 Å². The van der Waals surface area contributed by atoms with E-state index >= 15 is 0 Å². The van der Waals surface area contributed by atoms with E-state index in [0.717, 1.165) is 45.1 Å². The number of ether oxygens (including phenoxy) is 1. The Morgan fingerprint density at radius 2 is 0.804 bits per heavy atom. The van der Waals surface area contributed by atoms with E-state index in [1.54, 1.807) is 0 Å². The smallest absolute Gasteiger partial charge is 0.305 e. The molecule has 0 saturated heterocycles. The molecule has 0 fully saturated rings. The first-order valence-electron chi connectivity index (χ1n) is 20.1. The Morgan fingerprint density at radius 1 is 0.457 bits per heavy atom. The fourth-order valence-electron chi connectivity index (χ4n) is 5.69. The second kappa shape index (κ2) is 39.6. The molecule has 0 heterocycles. The van der Waals surface area contributed by atoms with Crippen LogP contribution in [0, 0.1) is 0 Å². The monoisotopic (exact) mass is 642 g/mol. The Hall–Kier alpha value is -1.61. The molecule has 268 valence electrons. The zero-order chi connectivity index (χ0) is 33.4. The van der Waals surface area contributed by atoms with Gasteiger partial charge >= 0.3 is 5.97 Å². The quantitative estimate of drug-likeness (QED) is 0.0387. The van der Waals surface area contributed by atoms with Gasteiger partial charge in [-0.2, -0.15) is 0 Å². The van der Waals surface area contributed by atoms with Gasteiger partial charge in [-0.1, -0.05) is 152 Å². The third kappa shape index (κ3) is 40.4. The number of carbonyl (C=O) groups is 1. The molecule has 0 bridgehead atoms. The Morgan fingerprint density at radius 3 is 1.17 bits per heavy atom. The summed E-state index contributed by atoms with van der Waals surface area (Å²) in [5, 5.41) is 0. The molecular weight excluding hydrogens is 562 g/mol. The van der Waals surface area contributed by atoms with Gasteiger partial charge in [-0.05, 0) is 104 Å². The van der Waals surface area contributed by atoms with Crippen molar-refractivity contribution in [1.29, 1.82) is 0 Å². The molecule has 3 heteroatoms. The molecule has 0 spiro atoms. The number of allylic oxidation sites excluding steroid dienone is 8. The van der Waals surface area contributed by atoms with E-state index in [1.165, 1.54) is 141 Å². The summed E-state index contributed by atoms with van der Waals surface area (Å²) in [5.74, 6) is -0.0485. The number of esters is 1. The molecule has 0 unspecified atom stereocenters. The average molecular weight is 642 g/mol. The summed E-state index contributed by atoms with van der Waals surface area (Å²) in [6.45, 7) is 3.78. The van der Waals surface area contributed by atoms with Crippen molar-refractivity contribution >= 4 is 5.97 Å². The zero-order valence-corrected chi connectivity index (χ0v) is 31.3. The van der Waals surface area contributed by atoms with Gasteiger partial charge < -0.3 is 9.64 Å². The molecule has 0 aliphatic rings. The second-order valence-corrected chi connectivity index (χ2v) is 13.7. The normalized spacial score (nSPS) is 12.3. The van der Waals surface area contributed by atoms with Crippen molar-refractivity contribution in [3.05, 3.63) is 48.6 Å². The summed E-state index contributed by atoms with van der Waals surface area (Å²) in [5.41, 5.74) is 0. The lowest BCUT2D eigenvalue weighted by Crippen LogP contribution is -2.15. The van der Waals surface area contributed by atoms with Crippen LogP contribution in [-0.4, -0.2) is 38.1 Å². The summed E-state index contributed by atoms with van der Waals surface area (Å²) >= 11 is 0. The van der Waals surface area contributed by atoms with E-state index in [2.05, 4.69) is 60.4 Å². The van der Waals surface area contributed by atoms with Crippen molar-refractivity contribution in [3.63, 3.8) is 0 Å². The van der Waals surface area contributed by atoms with E-state index in [9.17, 15) is 4.79 Å². The first-order chi connectivity index (χ1) is 22.7. The van der Waals surface area contributed by atoms with Gasteiger partial charge in [-0.15, -0.1) is 0 Å². The Balaban J connectivity index is 3.23. The van der Waals surface area contributed by atoms with Gasteiger partial charge in [-0.3, -0.25) is 4.79 Å². The summed E-state index contributed by atoms with van der Waals surface area (Å²) in [6.07, 6.45) is 55.8. The van der Waals surface area contributed by atoms with Gasteiger partial charge in [0.05, 0.1) is 6.61 Å². The number of carbonyl (C=O) groups excluding carboxylic acids is 1. The summed E-state index contributed by atoms with van der Waals surface area (Å²) in [7, 11) is 4.06. The fourth-order valence-corrected chi connectivity index (χ4v) is 5.69. The number of hydrogen-bond donors (Lipinski definition) is 0. The second-order valence-electron chi connectivity index (χ2n) is 13.7. The topological polar surface area (TPSA) is 29.5 Å². The highest BCUT2D eigenvalue weighted by Gasteiger charge is 2.02. The molecule has 3 nitrogen and oxygen atoms in total. The van der Waals surface area contributed by atoms with Gasteiger partial charge in [0.2, 0.25) is 0 Å². The Bertz CT molecular complexity index is 720. The lowest BCUT2D eigenvalue weighted by molar-refractivity contribution is -0.143. The van der Waals surface area contributed by atoms with E-state index < -0.39 is 0 Å². The fraction of sp³-hybridized carbons (Fsp3) is 0.791. The van der Waals surface area contributed by atoms with Crippen LogP contribution in [0.15, 0.2) is 48.6 Å². The third-order valence-corrected chi connectivity index (χ3v) is 8.69. The van der Waals surface area contributed by atoms with Gasteiger partial charge in [0.1, 0.15) is 0 Å². The predicted molar refractivity (Wildman–Crippen MR) is 206 cm³/mol. The van der Waals surface area contributed by atoms with Crippen molar-refractivity contribution in [2.24, 2.45) is 0 Å². The number of hydrogen-bond acceptors (Lipinski definition) is 3. The van der Waals surface area contributed by atoms with Gasteiger partial charge in [-0.25, -0.2) is 0 Å². The van der Waals surface area contributed by atoms with Crippen LogP contribution < -0.4 is 0 Å². The SMILES string of the molecule is CCCCC/C=C\C/C=C\CCCCCCCCCCCCCCCCC/C=C\C/C=C\CCCCCOC(=O)CCCN(C)C. The maximum absolute atomic E-state index is 11.6. The van der Waals surface area contributed by atoms with Crippen LogP contribution in [0.1, 0.15) is 193 Å². The number of nitrogens with zero attached hydrogens (tertiary/aromatic N) is 1. The largest absolute Gasteiger partial charge is 0.466 e. The van der Waals surface area contributed by atoms with E-state index in [1.807, 2.05) is 14.1 Å². The van der Waals surface area contributed by atoms with Crippen molar-refractivity contribution in [2.75, 3.05) is 27.2 Å². The van der Waals surface area contributed by atoms with Gasteiger partial charge in [0, 0.05) is 6.42 Å². The van der Waals surface area contributed by atoms with Crippen LogP contribution in [0.5, 0.6) is 0 Å². The molecule has 0 saturated carbocycles. The highest BCUT2D eigenvalue weighted by molar-refractivity contribution is 5.69. The molecular formula is C43H79NO2. The highest BCUT2D eigenvalue weighted by atomic mass is 16.5. The minimum absolute atomic E-state index is 0.0485. The number of rotatable bonds is 36. The third-order valence-electron chi connectivity index (χ3n) is 8.69. The summed E-state index contributed by atoms with van der Waals surface area (Å²) in [4.78, 5) is 13.7. The van der Waals surface area contributed by atoms with Gasteiger partial charge in [0.25, 0.3) is 0 Å². The number of unbranched alkanes of at least 4 members (excludes halogenated alkanes) is 22. The Kier molecular flexibility index (Phi) is 38.2. The van der Waals surface area contributed by atoms with Crippen LogP contribution in [0.25, 0.3) is 0 Å². The summed E-state index contributed by atoms with van der Waals surface area (Å²) in [6, 6.07) is 0. The molecule has 0 radical (unpaired) electrons. The van der Waals surface area contributed by atoms with Crippen LogP contribution >= 0.6 is 0 Å². The average Bonchev–Trinajstić information content (AvgIpc) is 3.04. The maximum atomic E-state index is 11.6. The van der Waals surface area contributed by atoms with Crippen molar-refractivity contribution in [3.8, 4) is 0 Å². The molecule has 0 aromatic rings. The van der Waals surface area contributed by atoms with E-state index in [-0.39, 0.29) is 5.97 Å². The highest BCUT2D eigenvalue weighted by Crippen LogP contribution is 2.14. The van der Waals surface area contributed by atoms with Crippen molar-refractivity contribution in [1.82, 2.24) is 4.90 Å². The molecule has 0 N–H and O–H groups in total. The minimum Gasteiger partial charge on any atom is -0.466 e. The van der Waals surface area contributed by atoms with Crippen LogP contribution in [0.3, 0.4) is 0 Å². The molecule has 0 atom stereocenters. The summed E-state index contributed by atoms with van der Waals surface area (Å²) < 4.78 is 5.31. The van der Waals surface area contributed by atoms with Crippen molar-refractivity contribution in [2.45, 2.75) is 193 Å². The molecule has 0 aliphatic heterocycles. The van der Waals surface area contributed by atoms with Crippen LogP contribution in [0.2, 0.25) is 0 Å². The maximum Gasteiger partial charge on any atom is 0.305 e. The lowest BCUT2D eigenvalue weighted by atomic mass is 10.0. The molecule has 0 aromatic heterocycles. The zero-order valence-electron chi connectivity index (χ0n) is 31.3. The molecule has 0 aromatic carbocycles. The van der Waals surface area contributed by atoms with E-state index in [0.29, 0.717) is 13.0 Å². The molecule has 0 rings (SSSR count). The van der Waals surface area contributed by atoms with Crippen LogP contribution in [0.4, 0.5) is 0 Å². The first-order valence-corrected chi connectivity index (χ1v) is 20.1. The van der Waals surface area contributed by atoms with Gasteiger partial charge in [0.15, 0.2) is 0 Å². The predicted octanol–water partition coefficient (Wildman–Crippen LogP) is 13.6. The van der Waals surface area contributed by atoms with Crippen LogP contribution in [-0.2, 0) is 9.53 Å². The minimum atomic E-state index is -0.0485. The first kappa shape index (κ1) is 44.4. The standard InChI is InChI=1S/C43H79NO2/c1-4-5-6-7-8-9-10-11-12-13-14-15-16-17-18-19-20-21-22-23-24-25-26-27-28-29-30-31-32-33-34-35-36-37-38-42-46-43(45)40-39-41-44(2)3/h8-9,11-12,30-31,33-34H,4-7,10,13-29,32,35-42H2,1-3H3/b9-8-,12-11-,31-30-,34-33-. The lowest BCUT2D eigenvalue weighted by Gasteiger charge is -2.08. The van der Waals surface area contributed by atoms with E-state index in [4.69, 9.17) is 4.74 Å². The molecule has 46 heavy (non-hydrogen) atoms.